The number of rotatable bonds is 6. The average Bonchev–Trinajstić information content (AvgIpc) is 2.51. The van der Waals surface area contributed by atoms with Gasteiger partial charge in [-0.2, -0.15) is 0 Å². The van der Waals surface area contributed by atoms with Crippen molar-refractivity contribution in [3.63, 3.8) is 0 Å². The van der Waals surface area contributed by atoms with E-state index in [4.69, 9.17) is 9.47 Å². The van der Waals surface area contributed by atoms with Gasteiger partial charge in [0, 0.05) is 0 Å². The Morgan fingerprint density at radius 3 is 2.41 bits per heavy atom. The Morgan fingerprint density at radius 2 is 1.73 bits per heavy atom. The monoisotopic (exact) mass is 299 g/mol. The van der Waals surface area contributed by atoms with Crippen molar-refractivity contribution in [2.24, 2.45) is 0 Å². The number of para-hydroxylation sites is 3. The maximum Gasteiger partial charge on any atom is 0.265 e. The van der Waals surface area contributed by atoms with Crippen LogP contribution in [0.15, 0.2) is 48.5 Å². The van der Waals surface area contributed by atoms with Crippen LogP contribution >= 0.6 is 0 Å². The number of nitrogens with one attached hydrogen (secondary N) is 1. The van der Waals surface area contributed by atoms with E-state index in [1.54, 1.807) is 6.92 Å². The maximum atomic E-state index is 12.3. The zero-order valence-corrected chi connectivity index (χ0v) is 13.1. The summed E-state index contributed by atoms with van der Waals surface area (Å²) < 4.78 is 11.2. The molecule has 116 valence electrons. The fourth-order valence-electron chi connectivity index (χ4n) is 2.02. The third kappa shape index (κ3) is 4.01. The molecular weight excluding hydrogens is 278 g/mol. The second kappa shape index (κ2) is 7.50. The van der Waals surface area contributed by atoms with Gasteiger partial charge < -0.3 is 14.8 Å². The summed E-state index contributed by atoms with van der Waals surface area (Å²) in [5.74, 6) is 1.15. The first-order valence-electron chi connectivity index (χ1n) is 7.36. The van der Waals surface area contributed by atoms with Gasteiger partial charge in [-0.15, -0.1) is 0 Å². The van der Waals surface area contributed by atoms with Crippen LogP contribution in [0.4, 0.5) is 5.69 Å². The molecule has 0 saturated carbocycles. The van der Waals surface area contributed by atoms with Crippen molar-refractivity contribution in [2.75, 3.05) is 11.9 Å². The molecule has 4 nitrogen and oxygen atoms in total. The number of anilines is 1. The lowest BCUT2D eigenvalue weighted by Crippen LogP contribution is -2.30. The fraction of sp³-hybridized carbons (Fsp3) is 0.278. The van der Waals surface area contributed by atoms with Crippen LogP contribution in [0.5, 0.6) is 11.5 Å². The van der Waals surface area contributed by atoms with Gasteiger partial charge in [0.05, 0.1) is 12.3 Å². The summed E-state index contributed by atoms with van der Waals surface area (Å²) in [6.45, 7) is 6.13. The van der Waals surface area contributed by atoms with Crippen molar-refractivity contribution in [3.8, 4) is 11.5 Å². The molecule has 0 heterocycles. The van der Waals surface area contributed by atoms with E-state index in [1.807, 2.05) is 62.4 Å². The highest BCUT2D eigenvalue weighted by Gasteiger charge is 2.17. The van der Waals surface area contributed by atoms with Gasteiger partial charge in [0.15, 0.2) is 6.10 Å². The Hall–Kier alpha value is -2.49. The highest BCUT2D eigenvalue weighted by Crippen LogP contribution is 2.24. The molecule has 1 N–H and O–H groups in total. The van der Waals surface area contributed by atoms with Crippen LogP contribution in [0, 0.1) is 6.92 Å². The average molecular weight is 299 g/mol. The summed E-state index contributed by atoms with van der Waals surface area (Å²) >= 11 is 0. The van der Waals surface area contributed by atoms with Gasteiger partial charge in [-0.25, -0.2) is 0 Å². The van der Waals surface area contributed by atoms with Gasteiger partial charge in [-0.05, 0) is 44.5 Å². The smallest absolute Gasteiger partial charge is 0.265 e. The van der Waals surface area contributed by atoms with E-state index in [1.165, 1.54) is 0 Å². The third-order valence-electron chi connectivity index (χ3n) is 3.21. The maximum absolute atomic E-state index is 12.3. The SMILES string of the molecule is CCOc1ccccc1NC(=O)[C@H](C)Oc1ccccc1C. The fourth-order valence-corrected chi connectivity index (χ4v) is 2.02. The third-order valence-corrected chi connectivity index (χ3v) is 3.21. The second-order valence-electron chi connectivity index (χ2n) is 4.94. The summed E-state index contributed by atoms with van der Waals surface area (Å²) in [5.41, 5.74) is 1.64. The lowest BCUT2D eigenvalue weighted by Gasteiger charge is -2.17. The van der Waals surface area contributed by atoms with Crippen molar-refractivity contribution < 1.29 is 14.3 Å². The molecular formula is C18H21NO3. The number of aryl methyl sites for hydroxylation is 1. The van der Waals surface area contributed by atoms with Gasteiger partial charge in [-0.1, -0.05) is 30.3 Å². The highest BCUT2D eigenvalue weighted by atomic mass is 16.5. The van der Waals surface area contributed by atoms with Gasteiger partial charge in [0.25, 0.3) is 5.91 Å². The predicted octanol–water partition coefficient (Wildman–Crippen LogP) is 3.80. The molecule has 0 radical (unpaired) electrons. The minimum atomic E-state index is -0.601. The van der Waals surface area contributed by atoms with E-state index < -0.39 is 6.10 Å². The van der Waals surface area contributed by atoms with Gasteiger partial charge in [-0.3, -0.25) is 4.79 Å². The summed E-state index contributed by atoms with van der Waals surface area (Å²) in [6.07, 6.45) is -0.601. The number of carbonyl (C=O) groups is 1. The number of benzene rings is 2. The lowest BCUT2D eigenvalue weighted by molar-refractivity contribution is -0.122. The minimum absolute atomic E-state index is 0.213. The molecule has 2 aromatic rings. The van der Waals surface area contributed by atoms with Crippen molar-refractivity contribution >= 4 is 11.6 Å². The largest absolute Gasteiger partial charge is 0.492 e. The molecule has 1 amide bonds. The van der Waals surface area contributed by atoms with Crippen molar-refractivity contribution in [1.29, 1.82) is 0 Å². The predicted molar refractivity (Wildman–Crippen MR) is 87.5 cm³/mol. The first kappa shape index (κ1) is 15.9. The molecule has 0 saturated heterocycles. The Balaban J connectivity index is 2.04. The molecule has 0 aromatic heterocycles. The molecule has 2 aromatic carbocycles. The summed E-state index contributed by atoms with van der Waals surface area (Å²) in [5, 5.41) is 2.85. The first-order valence-corrected chi connectivity index (χ1v) is 7.36. The molecule has 0 fully saturated rings. The minimum Gasteiger partial charge on any atom is -0.492 e. The second-order valence-corrected chi connectivity index (χ2v) is 4.94. The molecule has 2 rings (SSSR count). The van der Waals surface area contributed by atoms with Crippen LogP contribution in [-0.2, 0) is 4.79 Å². The molecule has 0 unspecified atom stereocenters. The Labute approximate surface area is 131 Å². The molecule has 0 bridgehead atoms. The van der Waals surface area contributed by atoms with E-state index in [0.29, 0.717) is 23.8 Å². The van der Waals surface area contributed by atoms with E-state index in [2.05, 4.69) is 5.32 Å². The number of amides is 1. The van der Waals surface area contributed by atoms with E-state index >= 15 is 0 Å². The van der Waals surface area contributed by atoms with Crippen LogP contribution in [0.25, 0.3) is 0 Å². The van der Waals surface area contributed by atoms with Crippen LogP contribution in [-0.4, -0.2) is 18.6 Å². The van der Waals surface area contributed by atoms with Gasteiger partial charge in [0.1, 0.15) is 11.5 Å². The Kier molecular flexibility index (Phi) is 5.42. The molecule has 0 spiro atoms. The van der Waals surface area contributed by atoms with Crippen molar-refractivity contribution in [1.82, 2.24) is 0 Å². The Bertz CT molecular complexity index is 640. The van der Waals surface area contributed by atoms with Crippen LogP contribution < -0.4 is 14.8 Å². The lowest BCUT2D eigenvalue weighted by atomic mass is 10.2. The van der Waals surface area contributed by atoms with E-state index in [-0.39, 0.29) is 5.91 Å². The van der Waals surface area contributed by atoms with E-state index in [9.17, 15) is 4.79 Å². The normalized spacial score (nSPS) is 11.6. The molecule has 0 aliphatic carbocycles. The summed E-state index contributed by atoms with van der Waals surface area (Å²) in [7, 11) is 0. The van der Waals surface area contributed by atoms with Crippen LogP contribution in [0.3, 0.4) is 0 Å². The molecule has 4 heteroatoms. The highest BCUT2D eigenvalue weighted by molar-refractivity contribution is 5.95. The van der Waals surface area contributed by atoms with Crippen molar-refractivity contribution in [3.05, 3.63) is 54.1 Å². The van der Waals surface area contributed by atoms with E-state index in [0.717, 1.165) is 5.56 Å². The molecule has 1 atom stereocenters. The Morgan fingerprint density at radius 1 is 1.09 bits per heavy atom. The van der Waals surface area contributed by atoms with Crippen molar-refractivity contribution in [2.45, 2.75) is 26.9 Å². The molecule has 22 heavy (non-hydrogen) atoms. The van der Waals surface area contributed by atoms with Crippen LogP contribution in [0.1, 0.15) is 19.4 Å². The number of hydrogen-bond donors (Lipinski definition) is 1. The standard InChI is InChI=1S/C18H21NO3/c1-4-21-17-12-8-6-10-15(17)19-18(20)14(3)22-16-11-7-5-9-13(16)2/h5-12,14H,4H2,1-3H3,(H,19,20)/t14-/m0/s1. The number of ether oxygens (including phenoxy) is 2. The molecule has 0 aliphatic heterocycles. The number of hydrogen-bond acceptors (Lipinski definition) is 3. The summed E-state index contributed by atoms with van der Waals surface area (Å²) in [4.78, 5) is 12.3. The number of carbonyl (C=O) groups excluding carboxylic acids is 1. The molecule has 0 aliphatic rings. The zero-order valence-electron chi connectivity index (χ0n) is 13.1. The first-order chi connectivity index (χ1) is 10.6. The topological polar surface area (TPSA) is 47.6 Å². The van der Waals surface area contributed by atoms with Crippen LogP contribution in [0.2, 0.25) is 0 Å². The summed E-state index contributed by atoms with van der Waals surface area (Å²) in [6, 6.07) is 15.0. The van der Waals surface area contributed by atoms with Gasteiger partial charge >= 0.3 is 0 Å². The quantitative estimate of drug-likeness (QED) is 0.882. The van der Waals surface area contributed by atoms with Gasteiger partial charge in [0.2, 0.25) is 0 Å². The zero-order chi connectivity index (χ0) is 15.9.